The number of anilines is 1. The van der Waals surface area contributed by atoms with E-state index in [1.807, 2.05) is 61.8 Å². The normalized spacial score (nSPS) is 11.9. The number of carbonyl (C=O) groups excluding carboxylic acids is 1. The zero-order valence-electron chi connectivity index (χ0n) is 11.6. The van der Waals surface area contributed by atoms with Crippen molar-refractivity contribution in [2.75, 3.05) is 12.4 Å². The van der Waals surface area contributed by atoms with E-state index in [1.54, 1.807) is 6.07 Å². The van der Waals surface area contributed by atoms with Crippen LogP contribution in [0, 0.1) is 6.92 Å². The van der Waals surface area contributed by atoms with Gasteiger partial charge in [-0.3, -0.25) is 4.79 Å². The molecular formula is C16H18ClN2O+. The summed E-state index contributed by atoms with van der Waals surface area (Å²) in [6, 6.07) is 15.0. The minimum absolute atomic E-state index is 0.0568. The van der Waals surface area contributed by atoms with E-state index in [1.165, 1.54) is 0 Å². The highest BCUT2D eigenvalue weighted by molar-refractivity contribution is 6.31. The number of halogens is 1. The van der Waals surface area contributed by atoms with E-state index in [9.17, 15) is 4.79 Å². The fraction of sp³-hybridized carbons (Fsp3) is 0.188. The van der Waals surface area contributed by atoms with Crippen LogP contribution in [0.3, 0.4) is 0 Å². The number of nitrogens with two attached hydrogens (primary N) is 1. The Kier molecular flexibility index (Phi) is 4.77. The van der Waals surface area contributed by atoms with Crippen molar-refractivity contribution >= 4 is 23.2 Å². The number of carbonyl (C=O) groups is 1. The molecule has 3 N–H and O–H groups in total. The van der Waals surface area contributed by atoms with E-state index in [2.05, 4.69) is 5.32 Å². The molecule has 20 heavy (non-hydrogen) atoms. The van der Waals surface area contributed by atoms with Crippen molar-refractivity contribution in [1.29, 1.82) is 0 Å². The van der Waals surface area contributed by atoms with Crippen molar-refractivity contribution in [3.63, 3.8) is 0 Å². The molecule has 0 saturated heterocycles. The quantitative estimate of drug-likeness (QED) is 0.893. The maximum atomic E-state index is 12.4. The maximum absolute atomic E-state index is 12.4. The first-order chi connectivity index (χ1) is 9.61. The second-order valence-corrected chi connectivity index (χ2v) is 5.08. The average Bonchev–Trinajstić information content (AvgIpc) is 2.45. The van der Waals surface area contributed by atoms with Crippen LogP contribution in [-0.2, 0) is 4.79 Å². The van der Waals surface area contributed by atoms with Crippen molar-refractivity contribution in [2.24, 2.45) is 0 Å². The van der Waals surface area contributed by atoms with E-state index >= 15 is 0 Å². The number of benzene rings is 2. The molecule has 0 aliphatic heterocycles. The first-order valence-corrected chi connectivity index (χ1v) is 6.91. The number of hydrogen-bond acceptors (Lipinski definition) is 1. The Morgan fingerprint density at radius 2 is 1.90 bits per heavy atom. The van der Waals surface area contributed by atoms with Crippen molar-refractivity contribution in [3.05, 3.63) is 64.7 Å². The predicted molar refractivity (Wildman–Crippen MR) is 81.9 cm³/mol. The van der Waals surface area contributed by atoms with E-state index in [0.717, 1.165) is 11.1 Å². The molecule has 1 atom stereocenters. The third kappa shape index (κ3) is 3.38. The number of likely N-dealkylation sites (N-methyl/N-ethyl adjacent to an activating group) is 1. The molecule has 0 aliphatic carbocycles. The second-order valence-electron chi connectivity index (χ2n) is 4.67. The Bertz CT molecular complexity index is 599. The molecule has 0 saturated carbocycles. The Balaban J connectivity index is 2.15. The second kappa shape index (κ2) is 6.55. The van der Waals surface area contributed by atoms with Crippen LogP contribution >= 0.6 is 11.6 Å². The van der Waals surface area contributed by atoms with Crippen molar-refractivity contribution < 1.29 is 10.1 Å². The van der Waals surface area contributed by atoms with Gasteiger partial charge >= 0.3 is 0 Å². The molecule has 2 aromatic rings. The summed E-state index contributed by atoms with van der Waals surface area (Å²) in [7, 11) is 1.89. The van der Waals surface area contributed by atoms with Crippen LogP contribution in [-0.4, -0.2) is 13.0 Å². The van der Waals surface area contributed by atoms with Gasteiger partial charge in [-0.15, -0.1) is 0 Å². The van der Waals surface area contributed by atoms with Gasteiger partial charge in [0, 0.05) is 16.3 Å². The Morgan fingerprint density at radius 1 is 1.20 bits per heavy atom. The highest BCUT2D eigenvalue weighted by atomic mass is 35.5. The minimum Gasteiger partial charge on any atom is -0.335 e. The molecule has 1 amide bonds. The van der Waals surface area contributed by atoms with E-state index in [0.29, 0.717) is 10.7 Å². The summed E-state index contributed by atoms with van der Waals surface area (Å²) in [4.78, 5) is 12.4. The standard InChI is InChI=1S/C16H17ClN2O/c1-11-8-9-13(10-14(11)17)19-16(20)15(18-2)12-6-4-3-5-7-12/h3-10,15,18H,1-2H3,(H,19,20)/p+1/t15-/m1/s1. The SMILES string of the molecule is C[NH2+][C@@H](C(=O)Nc1ccc(C)c(Cl)c1)c1ccccc1. The van der Waals surface area contributed by atoms with Crippen molar-refractivity contribution in [2.45, 2.75) is 13.0 Å². The summed E-state index contributed by atoms with van der Waals surface area (Å²) < 4.78 is 0. The highest BCUT2D eigenvalue weighted by Gasteiger charge is 2.22. The molecule has 2 rings (SSSR count). The van der Waals surface area contributed by atoms with E-state index in [-0.39, 0.29) is 11.9 Å². The molecule has 0 radical (unpaired) electrons. The van der Waals surface area contributed by atoms with Gasteiger partial charge in [0.05, 0.1) is 7.05 Å². The summed E-state index contributed by atoms with van der Waals surface area (Å²) >= 11 is 6.07. The first kappa shape index (κ1) is 14.6. The molecule has 3 nitrogen and oxygen atoms in total. The summed E-state index contributed by atoms with van der Waals surface area (Å²) in [6.45, 7) is 1.93. The van der Waals surface area contributed by atoms with E-state index in [4.69, 9.17) is 11.6 Å². The highest BCUT2D eigenvalue weighted by Crippen LogP contribution is 2.21. The van der Waals surface area contributed by atoms with Crippen LogP contribution in [0.5, 0.6) is 0 Å². The number of quaternary nitrogens is 1. The largest absolute Gasteiger partial charge is 0.335 e. The number of amides is 1. The van der Waals surface area contributed by atoms with Crippen LogP contribution in [0.15, 0.2) is 48.5 Å². The lowest BCUT2D eigenvalue weighted by Crippen LogP contribution is -2.83. The molecular weight excluding hydrogens is 272 g/mol. The lowest BCUT2D eigenvalue weighted by Gasteiger charge is -2.14. The van der Waals surface area contributed by atoms with Gasteiger partial charge in [-0.25, -0.2) is 0 Å². The Morgan fingerprint density at radius 3 is 2.50 bits per heavy atom. The topological polar surface area (TPSA) is 45.7 Å². The molecule has 0 unspecified atom stereocenters. The van der Waals surface area contributed by atoms with Gasteiger partial charge < -0.3 is 10.6 Å². The molecule has 2 aromatic carbocycles. The molecule has 4 heteroatoms. The van der Waals surface area contributed by atoms with Gasteiger partial charge in [-0.05, 0) is 24.6 Å². The molecule has 0 fully saturated rings. The molecule has 0 bridgehead atoms. The van der Waals surface area contributed by atoms with E-state index < -0.39 is 0 Å². The molecule has 0 heterocycles. The molecule has 0 aliphatic rings. The van der Waals surface area contributed by atoms with Crippen LogP contribution in [0.25, 0.3) is 0 Å². The van der Waals surface area contributed by atoms with Crippen LogP contribution in [0.1, 0.15) is 17.2 Å². The summed E-state index contributed by atoms with van der Waals surface area (Å²) in [5.41, 5.74) is 2.69. The lowest BCUT2D eigenvalue weighted by molar-refractivity contribution is -0.656. The fourth-order valence-corrected chi connectivity index (χ4v) is 2.23. The lowest BCUT2D eigenvalue weighted by atomic mass is 10.1. The minimum atomic E-state index is -0.267. The van der Waals surface area contributed by atoms with Crippen molar-refractivity contribution in [3.8, 4) is 0 Å². The zero-order valence-corrected chi connectivity index (χ0v) is 12.3. The Hall–Kier alpha value is -1.84. The summed E-state index contributed by atoms with van der Waals surface area (Å²) in [5.74, 6) is -0.0568. The zero-order chi connectivity index (χ0) is 14.5. The van der Waals surface area contributed by atoms with Gasteiger partial charge in [-0.1, -0.05) is 48.0 Å². The molecule has 0 aromatic heterocycles. The van der Waals surface area contributed by atoms with Gasteiger partial charge in [0.15, 0.2) is 6.04 Å². The predicted octanol–water partition coefficient (Wildman–Crippen LogP) is 2.52. The number of hydrogen-bond donors (Lipinski definition) is 2. The van der Waals surface area contributed by atoms with Gasteiger partial charge in [0.1, 0.15) is 0 Å². The Labute approximate surface area is 124 Å². The third-order valence-corrected chi connectivity index (χ3v) is 3.62. The number of nitrogens with one attached hydrogen (secondary N) is 1. The van der Waals surface area contributed by atoms with Crippen LogP contribution in [0.2, 0.25) is 5.02 Å². The maximum Gasteiger partial charge on any atom is 0.287 e. The smallest absolute Gasteiger partial charge is 0.287 e. The van der Waals surface area contributed by atoms with Crippen LogP contribution in [0.4, 0.5) is 5.69 Å². The first-order valence-electron chi connectivity index (χ1n) is 6.53. The summed E-state index contributed by atoms with van der Waals surface area (Å²) in [5, 5.41) is 5.45. The van der Waals surface area contributed by atoms with Crippen LogP contribution < -0.4 is 10.6 Å². The average molecular weight is 290 g/mol. The van der Waals surface area contributed by atoms with Crippen molar-refractivity contribution in [1.82, 2.24) is 0 Å². The van der Waals surface area contributed by atoms with Gasteiger partial charge in [0.2, 0.25) is 0 Å². The van der Waals surface area contributed by atoms with Gasteiger partial charge in [-0.2, -0.15) is 0 Å². The number of rotatable bonds is 4. The number of aryl methyl sites for hydroxylation is 1. The van der Waals surface area contributed by atoms with Gasteiger partial charge in [0.25, 0.3) is 5.91 Å². The molecule has 0 spiro atoms. The monoisotopic (exact) mass is 289 g/mol. The third-order valence-electron chi connectivity index (χ3n) is 3.21. The fourth-order valence-electron chi connectivity index (χ4n) is 2.05. The summed E-state index contributed by atoms with van der Waals surface area (Å²) in [6.07, 6.45) is 0. The molecule has 104 valence electrons.